The zero-order valence-corrected chi connectivity index (χ0v) is 15.5. The number of rotatable bonds is 6. The third-order valence-corrected chi connectivity index (χ3v) is 3.87. The summed E-state index contributed by atoms with van der Waals surface area (Å²) in [6.45, 7) is 0. The molecule has 28 heavy (non-hydrogen) atoms. The van der Waals surface area contributed by atoms with E-state index in [0.717, 1.165) is 0 Å². The van der Waals surface area contributed by atoms with Crippen molar-refractivity contribution >= 4 is 34.7 Å². The smallest absolute Gasteiger partial charge is 0.340 e. The molecule has 1 aromatic heterocycles. The number of aromatic nitrogens is 1. The van der Waals surface area contributed by atoms with Crippen LogP contribution < -0.4 is 14.8 Å². The summed E-state index contributed by atoms with van der Waals surface area (Å²) in [7, 11) is 4.15. The third-order valence-electron chi connectivity index (χ3n) is 3.87. The van der Waals surface area contributed by atoms with E-state index < -0.39 is 11.9 Å². The molecule has 0 saturated heterocycles. The Morgan fingerprint density at radius 3 is 2.46 bits per heavy atom. The van der Waals surface area contributed by atoms with Crippen molar-refractivity contribution in [2.24, 2.45) is 0 Å². The lowest BCUT2D eigenvalue weighted by Crippen LogP contribution is -2.13. The topological polar surface area (TPSA) is 99.9 Å². The van der Waals surface area contributed by atoms with Crippen molar-refractivity contribution < 1.29 is 28.2 Å². The predicted octanol–water partition coefficient (Wildman–Crippen LogP) is 3.28. The Hall–Kier alpha value is -3.81. The average molecular weight is 382 g/mol. The minimum absolute atomic E-state index is 0.128. The Kier molecular flexibility index (Phi) is 5.59. The number of fused-ring (bicyclic) bond motifs is 1. The zero-order valence-electron chi connectivity index (χ0n) is 15.5. The Morgan fingerprint density at radius 1 is 1.07 bits per heavy atom. The molecule has 0 aliphatic carbocycles. The van der Waals surface area contributed by atoms with Gasteiger partial charge in [0.25, 0.3) is 0 Å². The van der Waals surface area contributed by atoms with Crippen LogP contribution in [0.2, 0.25) is 0 Å². The van der Waals surface area contributed by atoms with E-state index in [2.05, 4.69) is 10.3 Å². The van der Waals surface area contributed by atoms with Gasteiger partial charge in [0.15, 0.2) is 17.1 Å². The number of nitrogens with zero attached hydrogens (tertiary/aromatic N) is 1. The lowest BCUT2D eigenvalue weighted by atomic mass is 10.1. The summed E-state index contributed by atoms with van der Waals surface area (Å²) in [5, 5.41) is 2.62. The second-order valence-electron chi connectivity index (χ2n) is 5.59. The highest BCUT2D eigenvalue weighted by atomic mass is 16.5. The first-order valence-corrected chi connectivity index (χ1v) is 8.24. The molecule has 1 N–H and O–H groups in total. The standard InChI is InChI=1S/C20H18N2O6/c1-25-16-10-12(20(24)27-3)14(11-17(16)26-2)21-18(23)8-9-19-22-13-6-4-5-7-15(13)28-19/h4-11H,1-3H3,(H,21,23)/b9-8+. The van der Waals surface area contributed by atoms with Crippen molar-refractivity contribution in [1.82, 2.24) is 4.98 Å². The Labute approximate surface area is 160 Å². The van der Waals surface area contributed by atoms with Gasteiger partial charge in [-0.05, 0) is 12.1 Å². The highest BCUT2D eigenvalue weighted by molar-refractivity contribution is 6.06. The number of amides is 1. The second-order valence-corrected chi connectivity index (χ2v) is 5.59. The van der Waals surface area contributed by atoms with Crippen LogP contribution in [0, 0.1) is 0 Å². The van der Waals surface area contributed by atoms with Gasteiger partial charge in [-0.25, -0.2) is 9.78 Å². The molecule has 2 aromatic carbocycles. The second kappa shape index (κ2) is 8.26. The molecule has 0 spiro atoms. The molecule has 0 saturated carbocycles. The number of oxazole rings is 1. The molecule has 0 aliphatic heterocycles. The van der Waals surface area contributed by atoms with Crippen molar-refractivity contribution in [3.63, 3.8) is 0 Å². The van der Waals surface area contributed by atoms with Gasteiger partial charge >= 0.3 is 5.97 Å². The van der Waals surface area contributed by atoms with Crippen LogP contribution in [0.4, 0.5) is 5.69 Å². The number of carbonyl (C=O) groups is 2. The van der Waals surface area contributed by atoms with E-state index in [-0.39, 0.29) is 17.1 Å². The van der Waals surface area contributed by atoms with Gasteiger partial charge in [-0.3, -0.25) is 4.79 Å². The Morgan fingerprint density at radius 2 is 1.79 bits per heavy atom. The number of methoxy groups -OCH3 is 3. The fraction of sp³-hybridized carbons (Fsp3) is 0.150. The average Bonchev–Trinajstić information content (AvgIpc) is 3.14. The molecular formula is C20H18N2O6. The van der Waals surface area contributed by atoms with E-state index >= 15 is 0 Å². The number of ether oxygens (including phenoxy) is 3. The molecule has 0 bridgehead atoms. The number of benzene rings is 2. The lowest BCUT2D eigenvalue weighted by molar-refractivity contribution is -0.111. The van der Waals surface area contributed by atoms with Gasteiger partial charge in [-0.2, -0.15) is 0 Å². The summed E-state index contributed by atoms with van der Waals surface area (Å²) in [5.41, 5.74) is 1.66. The highest BCUT2D eigenvalue weighted by Crippen LogP contribution is 2.33. The molecule has 1 heterocycles. The molecule has 0 aliphatic rings. The van der Waals surface area contributed by atoms with Gasteiger partial charge in [-0.15, -0.1) is 0 Å². The van der Waals surface area contributed by atoms with Crippen molar-refractivity contribution in [2.45, 2.75) is 0 Å². The van der Waals surface area contributed by atoms with Gasteiger partial charge in [-0.1, -0.05) is 12.1 Å². The molecule has 3 aromatic rings. The molecule has 1 amide bonds. The number of carbonyl (C=O) groups excluding carboxylic acids is 2. The van der Waals surface area contributed by atoms with Gasteiger partial charge in [0.1, 0.15) is 5.52 Å². The van der Waals surface area contributed by atoms with Gasteiger partial charge in [0.05, 0.1) is 32.6 Å². The normalized spacial score (nSPS) is 10.8. The maximum absolute atomic E-state index is 12.3. The monoisotopic (exact) mass is 382 g/mol. The first-order valence-electron chi connectivity index (χ1n) is 8.24. The maximum atomic E-state index is 12.3. The summed E-state index contributed by atoms with van der Waals surface area (Å²) >= 11 is 0. The van der Waals surface area contributed by atoms with Gasteiger partial charge in [0, 0.05) is 24.3 Å². The SMILES string of the molecule is COC(=O)c1cc(OC)c(OC)cc1NC(=O)/C=C/c1nc2ccccc2o1. The molecule has 0 radical (unpaired) electrons. The third kappa shape index (κ3) is 3.96. The lowest BCUT2D eigenvalue weighted by Gasteiger charge is -2.13. The quantitative estimate of drug-likeness (QED) is 0.516. The van der Waals surface area contributed by atoms with Gasteiger partial charge < -0.3 is 23.9 Å². The first kappa shape index (κ1) is 19.0. The number of anilines is 1. The van der Waals surface area contributed by atoms with Crippen LogP contribution in [-0.4, -0.2) is 38.2 Å². The van der Waals surface area contributed by atoms with Crippen LogP contribution in [0.25, 0.3) is 17.2 Å². The summed E-state index contributed by atoms with van der Waals surface area (Å²) in [5.74, 6) is -0.132. The summed E-state index contributed by atoms with van der Waals surface area (Å²) in [4.78, 5) is 28.6. The minimum atomic E-state index is -0.626. The molecule has 0 atom stereocenters. The molecular weight excluding hydrogens is 364 g/mol. The van der Waals surface area contributed by atoms with Crippen LogP contribution in [0.5, 0.6) is 11.5 Å². The van der Waals surface area contributed by atoms with Crippen LogP contribution >= 0.6 is 0 Å². The fourth-order valence-electron chi connectivity index (χ4n) is 2.54. The molecule has 3 rings (SSSR count). The van der Waals surface area contributed by atoms with Crippen LogP contribution in [0.3, 0.4) is 0 Å². The number of para-hydroxylation sites is 2. The molecule has 0 unspecified atom stereocenters. The Bertz CT molecular complexity index is 1020. The number of esters is 1. The fourth-order valence-corrected chi connectivity index (χ4v) is 2.54. The van der Waals surface area contributed by atoms with E-state index in [1.165, 1.54) is 45.6 Å². The Balaban J connectivity index is 1.84. The van der Waals surface area contributed by atoms with Gasteiger partial charge in [0.2, 0.25) is 11.8 Å². The number of hydrogen-bond donors (Lipinski definition) is 1. The van der Waals surface area contributed by atoms with Crippen molar-refractivity contribution in [3.05, 3.63) is 53.9 Å². The zero-order chi connectivity index (χ0) is 20.1. The predicted molar refractivity (Wildman–Crippen MR) is 103 cm³/mol. The number of nitrogens with one attached hydrogen (secondary N) is 1. The van der Waals surface area contributed by atoms with Crippen LogP contribution in [0.15, 0.2) is 46.9 Å². The van der Waals surface area contributed by atoms with E-state index in [1.807, 2.05) is 18.2 Å². The van der Waals surface area contributed by atoms with Crippen molar-refractivity contribution in [2.75, 3.05) is 26.6 Å². The molecule has 0 fully saturated rings. The maximum Gasteiger partial charge on any atom is 0.340 e. The minimum Gasteiger partial charge on any atom is -0.493 e. The molecule has 8 heteroatoms. The molecule has 144 valence electrons. The van der Waals surface area contributed by atoms with Crippen LogP contribution in [0.1, 0.15) is 16.2 Å². The van der Waals surface area contributed by atoms with Crippen LogP contribution in [-0.2, 0) is 9.53 Å². The van der Waals surface area contributed by atoms with E-state index in [4.69, 9.17) is 18.6 Å². The van der Waals surface area contributed by atoms with E-state index in [1.54, 1.807) is 6.07 Å². The first-order chi connectivity index (χ1) is 13.5. The summed E-state index contributed by atoms with van der Waals surface area (Å²) in [6, 6.07) is 10.2. The summed E-state index contributed by atoms with van der Waals surface area (Å²) in [6.07, 6.45) is 2.69. The highest BCUT2D eigenvalue weighted by Gasteiger charge is 2.18. The molecule has 8 nitrogen and oxygen atoms in total. The van der Waals surface area contributed by atoms with Crippen molar-refractivity contribution in [1.29, 1.82) is 0 Å². The van der Waals surface area contributed by atoms with E-state index in [0.29, 0.717) is 22.6 Å². The summed E-state index contributed by atoms with van der Waals surface area (Å²) < 4.78 is 20.7. The van der Waals surface area contributed by atoms with E-state index in [9.17, 15) is 9.59 Å². The number of hydrogen-bond acceptors (Lipinski definition) is 7. The largest absolute Gasteiger partial charge is 0.493 e. The van der Waals surface area contributed by atoms with Crippen molar-refractivity contribution in [3.8, 4) is 11.5 Å².